The number of carbonyl (C=O) groups excluding carboxylic acids is 2. The first-order valence-electron chi connectivity index (χ1n) is 8.55. The second-order valence-corrected chi connectivity index (χ2v) is 7.24. The summed E-state index contributed by atoms with van der Waals surface area (Å²) in [6.07, 6.45) is 3.81. The lowest BCUT2D eigenvalue weighted by molar-refractivity contribution is -0.128. The first-order valence-corrected chi connectivity index (χ1v) is 8.93. The summed E-state index contributed by atoms with van der Waals surface area (Å²) in [6, 6.07) is 7.01. The standard InChI is InChI=1S/C19H22ClN5O2/c1-12-15(20)8-5-9-25(12)18(27)22-14-7-4-6-13(10-14)19(2)11-16(26)24(3)17(21)23-19/h4-8,10H,9,11H2,1-3H3,(H2,21,23)(H,22,27)/t19-/m0/s1. The highest BCUT2D eigenvalue weighted by Gasteiger charge is 2.36. The maximum absolute atomic E-state index is 12.6. The molecule has 8 heteroatoms. The molecule has 0 unspecified atom stereocenters. The van der Waals surface area contributed by atoms with E-state index < -0.39 is 5.54 Å². The van der Waals surface area contributed by atoms with Crippen LogP contribution in [0.4, 0.5) is 10.5 Å². The van der Waals surface area contributed by atoms with Crippen LogP contribution in [0.5, 0.6) is 0 Å². The van der Waals surface area contributed by atoms with Crippen LogP contribution < -0.4 is 11.1 Å². The normalized spacial score (nSPS) is 22.8. The van der Waals surface area contributed by atoms with Gasteiger partial charge in [0.1, 0.15) is 0 Å². The maximum atomic E-state index is 12.6. The molecular weight excluding hydrogens is 366 g/mol. The molecule has 0 bridgehead atoms. The van der Waals surface area contributed by atoms with Gasteiger partial charge < -0.3 is 11.1 Å². The number of allylic oxidation sites excluding steroid dienone is 3. The Morgan fingerprint density at radius 3 is 2.85 bits per heavy atom. The number of rotatable bonds is 2. The molecule has 2 aliphatic heterocycles. The molecule has 0 saturated heterocycles. The summed E-state index contributed by atoms with van der Waals surface area (Å²) >= 11 is 6.10. The molecule has 3 amide bonds. The molecule has 2 heterocycles. The van der Waals surface area contributed by atoms with Gasteiger partial charge in [-0.05, 0) is 37.6 Å². The summed E-state index contributed by atoms with van der Waals surface area (Å²) in [6.45, 7) is 4.10. The third-order valence-electron chi connectivity index (χ3n) is 4.86. The first kappa shape index (κ1) is 19.0. The first-order chi connectivity index (χ1) is 12.7. The third-order valence-corrected chi connectivity index (χ3v) is 5.26. The summed E-state index contributed by atoms with van der Waals surface area (Å²) in [5, 5.41) is 3.41. The average molecular weight is 388 g/mol. The number of nitrogens with zero attached hydrogens (tertiary/aromatic N) is 3. The monoisotopic (exact) mass is 387 g/mol. The number of benzene rings is 1. The van der Waals surface area contributed by atoms with Gasteiger partial charge in [0.25, 0.3) is 0 Å². The molecule has 0 aliphatic carbocycles. The molecule has 7 nitrogen and oxygen atoms in total. The van der Waals surface area contributed by atoms with E-state index in [1.807, 2.05) is 31.2 Å². The van der Waals surface area contributed by atoms with E-state index in [2.05, 4.69) is 10.3 Å². The number of amides is 3. The highest BCUT2D eigenvalue weighted by molar-refractivity contribution is 6.31. The van der Waals surface area contributed by atoms with Crippen molar-refractivity contribution in [1.29, 1.82) is 0 Å². The van der Waals surface area contributed by atoms with E-state index in [4.69, 9.17) is 17.3 Å². The third kappa shape index (κ3) is 3.68. The minimum absolute atomic E-state index is 0.102. The predicted molar refractivity (Wildman–Crippen MR) is 106 cm³/mol. The quantitative estimate of drug-likeness (QED) is 0.817. The highest BCUT2D eigenvalue weighted by atomic mass is 35.5. The Morgan fingerprint density at radius 2 is 2.15 bits per heavy atom. The van der Waals surface area contributed by atoms with Gasteiger partial charge in [-0.25, -0.2) is 9.79 Å². The number of guanidine groups is 1. The molecule has 0 radical (unpaired) electrons. The van der Waals surface area contributed by atoms with Crippen LogP contribution >= 0.6 is 11.6 Å². The number of anilines is 1. The van der Waals surface area contributed by atoms with Crippen LogP contribution in [0.1, 0.15) is 25.8 Å². The topological polar surface area (TPSA) is 91.0 Å². The van der Waals surface area contributed by atoms with Gasteiger partial charge >= 0.3 is 6.03 Å². The van der Waals surface area contributed by atoms with Gasteiger partial charge in [-0.15, -0.1) is 0 Å². The minimum Gasteiger partial charge on any atom is -0.369 e. The second-order valence-electron chi connectivity index (χ2n) is 6.83. The number of halogens is 1. The summed E-state index contributed by atoms with van der Waals surface area (Å²) in [4.78, 5) is 32.2. The van der Waals surface area contributed by atoms with E-state index in [0.29, 0.717) is 23.0 Å². The molecule has 0 saturated carbocycles. The molecule has 2 aliphatic rings. The zero-order valence-electron chi connectivity index (χ0n) is 15.5. The smallest absolute Gasteiger partial charge is 0.326 e. The van der Waals surface area contributed by atoms with Crippen LogP contribution in [0.2, 0.25) is 0 Å². The molecule has 142 valence electrons. The number of nitrogens with one attached hydrogen (secondary N) is 1. The zero-order valence-corrected chi connectivity index (χ0v) is 16.2. The lowest BCUT2D eigenvalue weighted by Crippen LogP contribution is -2.47. The number of nitrogens with two attached hydrogens (primary N) is 1. The number of hydrogen-bond donors (Lipinski definition) is 2. The molecular formula is C19H22ClN5O2. The van der Waals surface area contributed by atoms with Crippen molar-refractivity contribution in [3.05, 3.63) is 52.7 Å². The van der Waals surface area contributed by atoms with Crippen LogP contribution in [0.3, 0.4) is 0 Å². The van der Waals surface area contributed by atoms with Crippen molar-refractivity contribution in [2.45, 2.75) is 25.8 Å². The van der Waals surface area contributed by atoms with Crippen molar-refractivity contribution < 1.29 is 9.59 Å². The number of urea groups is 1. The fourth-order valence-electron chi connectivity index (χ4n) is 3.08. The van der Waals surface area contributed by atoms with E-state index in [0.717, 1.165) is 5.56 Å². The Balaban J connectivity index is 1.83. The van der Waals surface area contributed by atoms with Crippen LogP contribution in [0.15, 0.2) is 52.1 Å². The number of hydrogen-bond acceptors (Lipinski definition) is 4. The van der Waals surface area contributed by atoms with Gasteiger partial charge in [0.2, 0.25) is 5.91 Å². The molecule has 0 spiro atoms. The Kier molecular flexibility index (Phi) is 4.97. The fourth-order valence-corrected chi connectivity index (χ4v) is 3.27. The molecule has 3 rings (SSSR count). The van der Waals surface area contributed by atoms with Crippen LogP contribution in [-0.4, -0.2) is 41.3 Å². The van der Waals surface area contributed by atoms with E-state index in [1.54, 1.807) is 31.0 Å². The summed E-state index contributed by atoms with van der Waals surface area (Å²) in [7, 11) is 1.60. The van der Waals surface area contributed by atoms with E-state index in [9.17, 15) is 9.59 Å². The van der Waals surface area contributed by atoms with Crippen molar-refractivity contribution in [1.82, 2.24) is 9.80 Å². The largest absolute Gasteiger partial charge is 0.369 e. The number of aliphatic imine (C=N–C) groups is 1. The molecule has 0 aromatic heterocycles. The predicted octanol–water partition coefficient (Wildman–Crippen LogP) is 2.95. The van der Waals surface area contributed by atoms with Crippen LogP contribution in [-0.2, 0) is 10.3 Å². The fraction of sp³-hybridized carbons (Fsp3) is 0.316. The summed E-state index contributed by atoms with van der Waals surface area (Å²) in [5.41, 5.74) is 7.21. The van der Waals surface area contributed by atoms with Crippen molar-refractivity contribution in [2.75, 3.05) is 18.9 Å². The van der Waals surface area contributed by atoms with Gasteiger partial charge in [0, 0.05) is 25.0 Å². The molecule has 0 fully saturated rings. The Bertz CT molecular complexity index is 892. The molecule has 27 heavy (non-hydrogen) atoms. The maximum Gasteiger partial charge on any atom is 0.326 e. The molecule has 1 aromatic carbocycles. The molecule has 1 aromatic rings. The lowest BCUT2D eigenvalue weighted by atomic mass is 9.87. The van der Waals surface area contributed by atoms with Crippen molar-refractivity contribution in [2.24, 2.45) is 10.7 Å². The Morgan fingerprint density at radius 1 is 1.41 bits per heavy atom. The highest BCUT2D eigenvalue weighted by Crippen LogP contribution is 2.34. The van der Waals surface area contributed by atoms with Crippen LogP contribution in [0.25, 0.3) is 0 Å². The summed E-state index contributed by atoms with van der Waals surface area (Å²) < 4.78 is 0. The van der Waals surface area contributed by atoms with Crippen molar-refractivity contribution in [3.8, 4) is 0 Å². The van der Waals surface area contributed by atoms with Crippen molar-refractivity contribution >= 4 is 35.2 Å². The van der Waals surface area contributed by atoms with Crippen molar-refractivity contribution in [3.63, 3.8) is 0 Å². The van der Waals surface area contributed by atoms with Gasteiger partial charge in [0.05, 0.1) is 17.0 Å². The Hall–Kier alpha value is -2.80. The van der Waals surface area contributed by atoms with Gasteiger partial charge in [-0.2, -0.15) is 0 Å². The van der Waals surface area contributed by atoms with Gasteiger partial charge in [0.15, 0.2) is 5.96 Å². The van der Waals surface area contributed by atoms with E-state index >= 15 is 0 Å². The average Bonchev–Trinajstić information content (AvgIpc) is 2.62. The SMILES string of the molecule is CC1=C(Cl)C=CCN1C(=O)Nc1cccc([C@]2(C)CC(=O)N(C)C(N)=N2)c1. The number of carbonyl (C=O) groups is 2. The van der Waals surface area contributed by atoms with E-state index in [-0.39, 0.29) is 24.3 Å². The van der Waals surface area contributed by atoms with E-state index in [1.165, 1.54) is 4.90 Å². The molecule has 3 N–H and O–H groups in total. The molecule has 1 atom stereocenters. The minimum atomic E-state index is -0.776. The zero-order chi connectivity index (χ0) is 19.8. The van der Waals surface area contributed by atoms with Gasteiger partial charge in [-0.1, -0.05) is 29.8 Å². The van der Waals surface area contributed by atoms with Crippen LogP contribution in [0, 0.1) is 0 Å². The summed E-state index contributed by atoms with van der Waals surface area (Å²) in [5.74, 6) is 0.0774. The van der Waals surface area contributed by atoms with Gasteiger partial charge in [-0.3, -0.25) is 14.6 Å². The lowest BCUT2D eigenvalue weighted by Gasteiger charge is -2.33. The Labute approximate surface area is 163 Å². The second kappa shape index (κ2) is 7.08.